The minimum atomic E-state index is -0.152. The zero-order valence-corrected chi connectivity index (χ0v) is 10.1. The Bertz CT molecular complexity index is 405. The second kappa shape index (κ2) is 6.44. The van der Waals surface area contributed by atoms with Gasteiger partial charge in [0, 0.05) is 24.8 Å². The molecule has 1 aliphatic rings. The van der Waals surface area contributed by atoms with Crippen molar-refractivity contribution >= 4 is 5.91 Å². The molecule has 1 amide bonds. The van der Waals surface area contributed by atoms with Gasteiger partial charge >= 0.3 is 0 Å². The van der Waals surface area contributed by atoms with Crippen LogP contribution >= 0.6 is 0 Å². The standard InChI is InChI=1S/C12H17N3O3/c13-6-10-5-9(1-2-14-10)12(16)15-7-11-8-17-3-4-18-11/h1-2,5,11H,3-4,6-8,13H2,(H,15,16). The van der Waals surface area contributed by atoms with E-state index in [2.05, 4.69) is 10.3 Å². The van der Waals surface area contributed by atoms with Gasteiger partial charge in [0.05, 0.1) is 31.6 Å². The Kier molecular flexibility index (Phi) is 4.63. The summed E-state index contributed by atoms with van der Waals surface area (Å²) >= 11 is 0. The number of ether oxygens (including phenoxy) is 2. The van der Waals surface area contributed by atoms with E-state index in [1.165, 1.54) is 0 Å². The Balaban J connectivity index is 1.86. The predicted molar refractivity (Wildman–Crippen MR) is 65.0 cm³/mol. The topological polar surface area (TPSA) is 86.5 Å². The molecule has 1 unspecified atom stereocenters. The van der Waals surface area contributed by atoms with Gasteiger partial charge < -0.3 is 20.5 Å². The van der Waals surface area contributed by atoms with Crippen LogP contribution < -0.4 is 11.1 Å². The molecule has 1 aromatic heterocycles. The molecule has 1 saturated heterocycles. The Hall–Kier alpha value is -1.50. The maximum absolute atomic E-state index is 11.9. The molecule has 1 aromatic rings. The first kappa shape index (κ1) is 12.9. The molecule has 0 aliphatic carbocycles. The lowest BCUT2D eigenvalue weighted by atomic mass is 10.2. The number of pyridine rings is 1. The molecule has 6 nitrogen and oxygen atoms in total. The molecule has 18 heavy (non-hydrogen) atoms. The number of nitrogens with zero attached hydrogens (tertiary/aromatic N) is 1. The summed E-state index contributed by atoms with van der Waals surface area (Å²) in [6, 6.07) is 3.35. The summed E-state index contributed by atoms with van der Waals surface area (Å²) in [6.45, 7) is 2.48. The van der Waals surface area contributed by atoms with Crippen molar-refractivity contribution in [1.82, 2.24) is 10.3 Å². The van der Waals surface area contributed by atoms with Gasteiger partial charge in [-0.3, -0.25) is 9.78 Å². The van der Waals surface area contributed by atoms with Crippen molar-refractivity contribution in [3.05, 3.63) is 29.6 Å². The van der Waals surface area contributed by atoms with Gasteiger partial charge in [0.15, 0.2) is 0 Å². The number of carbonyl (C=O) groups is 1. The molecular formula is C12H17N3O3. The van der Waals surface area contributed by atoms with Crippen molar-refractivity contribution in [3.63, 3.8) is 0 Å². The number of amides is 1. The number of nitrogens with one attached hydrogen (secondary N) is 1. The third-order valence-electron chi connectivity index (χ3n) is 2.66. The third-order valence-corrected chi connectivity index (χ3v) is 2.66. The summed E-state index contributed by atoms with van der Waals surface area (Å²) in [4.78, 5) is 15.9. The molecule has 98 valence electrons. The smallest absolute Gasteiger partial charge is 0.251 e. The van der Waals surface area contributed by atoms with Gasteiger partial charge in [0.2, 0.25) is 0 Å². The molecule has 0 spiro atoms. The summed E-state index contributed by atoms with van der Waals surface area (Å²) < 4.78 is 10.7. The first-order valence-corrected chi connectivity index (χ1v) is 5.92. The summed E-state index contributed by atoms with van der Waals surface area (Å²) in [5, 5.41) is 2.81. The SMILES string of the molecule is NCc1cc(C(=O)NCC2COCCO2)ccn1. The summed E-state index contributed by atoms with van der Waals surface area (Å²) in [5.74, 6) is -0.152. The predicted octanol–water partition coefficient (Wildman–Crippen LogP) is -0.314. The third kappa shape index (κ3) is 3.49. The highest BCUT2D eigenvalue weighted by molar-refractivity contribution is 5.94. The van der Waals surface area contributed by atoms with Crippen molar-refractivity contribution in [2.75, 3.05) is 26.4 Å². The zero-order chi connectivity index (χ0) is 12.8. The Morgan fingerprint density at radius 2 is 2.44 bits per heavy atom. The highest BCUT2D eigenvalue weighted by atomic mass is 16.6. The van der Waals surface area contributed by atoms with Crippen LogP contribution in [0.3, 0.4) is 0 Å². The van der Waals surface area contributed by atoms with Gasteiger partial charge in [-0.05, 0) is 12.1 Å². The first-order valence-electron chi connectivity index (χ1n) is 5.92. The van der Waals surface area contributed by atoms with Crippen LogP contribution in [-0.2, 0) is 16.0 Å². The minimum Gasteiger partial charge on any atom is -0.376 e. The molecular weight excluding hydrogens is 234 g/mol. The normalized spacial score (nSPS) is 19.5. The first-order chi connectivity index (χ1) is 8.79. The van der Waals surface area contributed by atoms with Gasteiger partial charge in [0.25, 0.3) is 5.91 Å². The van der Waals surface area contributed by atoms with Gasteiger partial charge in [-0.25, -0.2) is 0 Å². The van der Waals surface area contributed by atoms with E-state index in [1.807, 2.05) is 0 Å². The van der Waals surface area contributed by atoms with E-state index in [0.29, 0.717) is 44.2 Å². The van der Waals surface area contributed by atoms with E-state index in [1.54, 1.807) is 18.3 Å². The van der Waals surface area contributed by atoms with Gasteiger partial charge in [-0.1, -0.05) is 0 Å². The fourth-order valence-electron chi connectivity index (χ4n) is 1.69. The Morgan fingerprint density at radius 3 is 3.17 bits per heavy atom. The van der Waals surface area contributed by atoms with Crippen LogP contribution in [0.25, 0.3) is 0 Å². The summed E-state index contributed by atoms with van der Waals surface area (Å²) in [6.07, 6.45) is 1.51. The van der Waals surface area contributed by atoms with E-state index in [-0.39, 0.29) is 12.0 Å². The van der Waals surface area contributed by atoms with Crippen molar-refractivity contribution < 1.29 is 14.3 Å². The number of aromatic nitrogens is 1. The second-order valence-corrected chi connectivity index (χ2v) is 4.02. The van der Waals surface area contributed by atoms with Crippen LogP contribution in [0.2, 0.25) is 0 Å². The largest absolute Gasteiger partial charge is 0.376 e. The van der Waals surface area contributed by atoms with Crippen LogP contribution in [0.15, 0.2) is 18.3 Å². The number of carbonyl (C=O) groups excluding carboxylic acids is 1. The average Bonchev–Trinajstić information content (AvgIpc) is 2.46. The van der Waals surface area contributed by atoms with E-state index in [9.17, 15) is 4.79 Å². The molecule has 0 saturated carbocycles. The van der Waals surface area contributed by atoms with Crippen LogP contribution in [0, 0.1) is 0 Å². The lowest BCUT2D eigenvalue weighted by Gasteiger charge is -2.23. The van der Waals surface area contributed by atoms with Crippen LogP contribution in [0.5, 0.6) is 0 Å². The summed E-state index contributed by atoms with van der Waals surface area (Å²) in [7, 11) is 0. The van der Waals surface area contributed by atoms with E-state index < -0.39 is 0 Å². The molecule has 0 bridgehead atoms. The van der Waals surface area contributed by atoms with Crippen LogP contribution in [-0.4, -0.2) is 43.4 Å². The Morgan fingerprint density at radius 1 is 1.56 bits per heavy atom. The van der Waals surface area contributed by atoms with Crippen molar-refractivity contribution in [1.29, 1.82) is 0 Å². The lowest BCUT2D eigenvalue weighted by molar-refractivity contribution is -0.0855. The number of hydrogen-bond donors (Lipinski definition) is 2. The molecule has 0 aromatic carbocycles. The number of nitrogens with two attached hydrogens (primary N) is 1. The molecule has 1 atom stereocenters. The lowest BCUT2D eigenvalue weighted by Crippen LogP contribution is -2.39. The highest BCUT2D eigenvalue weighted by Crippen LogP contribution is 2.03. The molecule has 2 heterocycles. The van der Waals surface area contributed by atoms with Crippen molar-refractivity contribution in [2.24, 2.45) is 5.73 Å². The van der Waals surface area contributed by atoms with Gasteiger partial charge in [0.1, 0.15) is 0 Å². The van der Waals surface area contributed by atoms with Gasteiger partial charge in [-0.15, -0.1) is 0 Å². The monoisotopic (exact) mass is 251 g/mol. The van der Waals surface area contributed by atoms with E-state index in [4.69, 9.17) is 15.2 Å². The molecule has 3 N–H and O–H groups in total. The second-order valence-electron chi connectivity index (χ2n) is 4.02. The fraction of sp³-hybridized carbons (Fsp3) is 0.500. The zero-order valence-electron chi connectivity index (χ0n) is 10.1. The minimum absolute atomic E-state index is 0.0708. The quantitative estimate of drug-likeness (QED) is 0.766. The number of rotatable bonds is 4. The van der Waals surface area contributed by atoms with E-state index >= 15 is 0 Å². The fourth-order valence-corrected chi connectivity index (χ4v) is 1.69. The molecule has 2 rings (SSSR count). The Labute approximate surface area is 105 Å². The average molecular weight is 251 g/mol. The van der Waals surface area contributed by atoms with Crippen LogP contribution in [0.4, 0.5) is 0 Å². The van der Waals surface area contributed by atoms with Gasteiger partial charge in [-0.2, -0.15) is 0 Å². The van der Waals surface area contributed by atoms with Crippen LogP contribution in [0.1, 0.15) is 16.1 Å². The number of hydrogen-bond acceptors (Lipinski definition) is 5. The van der Waals surface area contributed by atoms with E-state index in [0.717, 1.165) is 0 Å². The maximum Gasteiger partial charge on any atom is 0.251 e. The maximum atomic E-state index is 11.9. The molecule has 1 fully saturated rings. The molecule has 1 aliphatic heterocycles. The van der Waals surface area contributed by atoms with Crippen molar-refractivity contribution in [2.45, 2.75) is 12.6 Å². The summed E-state index contributed by atoms with van der Waals surface area (Å²) in [5.41, 5.74) is 6.73. The molecule has 0 radical (unpaired) electrons. The van der Waals surface area contributed by atoms with Crippen molar-refractivity contribution in [3.8, 4) is 0 Å². The highest BCUT2D eigenvalue weighted by Gasteiger charge is 2.15. The molecule has 6 heteroatoms.